The van der Waals surface area contributed by atoms with Crippen molar-refractivity contribution < 1.29 is 98.8 Å². The number of ketones is 3. The standard InChI is InChI=1S/C43H58N4O12.C22H24N2O8/c1-21-12-11-13-22(2)42(55)45-33-28(20-44-47-17-15-46(9)16-18-47)37(52)30-31(38(33)53)36(51)26(6)40-32(30)41(54)43(8,59-40)57-19-14-29(56-10)23(3)39(58-27(7)48)25(5)35(50)24(4)34(21)49;1-21(31)8-5-4-6-11(25)12(8)16(26)13-9(21)7-10-15(24(2)3)17(27)14(20(23)30)19(29)22(10,32)18(13)28/h11-14,19-21,23-25,29,34-35,39,49-53H,15-18H2,1-10H3,(H,45,55);4-6,9-10,15,25-26,29,31-32H,7H2,1-3H3,(H2,23,30)/b12-11-,19-14-,22-13-,44-20+;/t21-,23+,24+,25+,29-,34-,35+,39+,43-;9-,10-,15-,21+,22-/m00/s1. The number of amides is 2. The summed E-state index contributed by atoms with van der Waals surface area (Å²) in [6.45, 7) is 16.5. The molecule has 3 aliphatic carbocycles. The maximum Gasteiger partial charge on any atom is 0.312 e. The number of esters is 1. The van der Waals surface area contributed by atoms with Gasteiger partial charge >= 0.3 is 11.8 Å². The van der Waals surface area contributed by atoms with Gasteiger partial charge in [0.1, 0.15) is 46.2 Å². The summed E-state index contributed by atoms with van der Waals surface area (Å²) < 4.78 is 23.6. The number of fused-ring (bicyclic) bond motifs is 17. The summed E-state index contributed by atoms with van der Waals surface area (Å²) in [5.74, 6) is -16.2. The normalized spacial score (nSPS) is 32.9. The number of methoxy groups -OCH3 is 1. The first-order valence-electron chi connectivity index (χ1n) is 29.8. The quantitative estimate of drug-likeness (QED) is 0.0546. The monoisotopic (exact) mass is 1270 g/mol. The van der Waals surface area contributed by atoms with Gasteiger partial charge in [-0.2, -0.15) is 5.10 Å². The van der Waals surface area contributed by atoms with Crippen LogP contribution in [0, 0.1) is 42.4 Å². The predicted molar refractivity (Wildman–Crippen MR) is 331 cm³/mol. The number of nitrogens with zero attached hydrogens (tertiary/aromatic N) is 4. The highest BCUT2D eigenvalue weighted by Crippen LogP contribution is 2.58. The lowest BCUT2D eigenvalue weighted by atomic mass is 9.54. The Morgan fingerprint density at radius 2 is 1.51 bits per heavy atom. The van der Waals surface area contributed by atoms with Gasteiger partial charge in [-0.3, -0.25) is 38.7 Å². The van der Waals surface area contributed by atoms with Crippen molar-refractivity contribution in [3.05, 3.63) is 99.1 Å². The van der Waals surface area contributed by atoms with Gasteiger partial charge in [-0.1, -0.05) is 58.1 Å². The molecule has 0 aromatic heterocycles. The second-order valence-electron chi connectivity index (χ2n) is 25.1. The summed E-state index contributed by atoms with van der Waals surface area (Å²) in [5.41, 5.74) is -0.898. The van der Waals surface area contributed by atoms with E-state index in [0.29, 0.717) is 13.1 Å². The first-order chi connectivity index (χ1) is 42.5. The number of carbonyl (C=O) groups is 6. The Morgan fingerprint density at radius 1 is 0.857 bits per heavy atom. The second-order valence-corrected chi connectivity index (χ2v) is 25.1. The van der Waals surface area contributed by atoms with Crippen LogP contribution >= 0.6 is 0 Å². The van der Waals surface area contributed by atoms with Gasteiger partial charge in [0.05, 0.1) is 70.2 Å². The number of primary amides is 1. The fraction of sp³-hybridized carbons (Fsp3) is 0.492. The molecule has 7 aliphatic rings. The van der Waals surface area contributed by atoms with Crippen molar-refractivity contribution in [1.29, 1.82) is 0 Å². The van der Waals surface area contributed by atoms with E-state index in [0.717, 1.165) is 13.1 Å². The van der Waals surface area contributed by atoms with E-state index in [2.05, 4.69) is 15.3 Å². The lowest BCUT2D eigenvalue weighted by Gasteiger charge is -2.53. The average Bonchev–Trinajstić information content (AvgIpc) is 1.12. The highest BCUT2D eigenvalue weighted by atomic mass is 16.7. The maximum absolute atomic E-state index is 14.4. The van der Waals surface area contributed by atoms with Crippen LogP contribution in [0.15, 0.2) is 76.3 Å². The highest BCUT2D eigenvalue weighted by molar-refractivity contribution is 6.25. The molecular formula is C65H82N6O20. The molecule has 3 aromatic rings. The first-order valence-corrected chi connectivity index (χ1v) is 29.8. The molecule has 10 rings (SSSR count). The number of anilines is 1. The number of carbonyl (C=O) groups excluding carboxylic acids is 6. The van der Waals surface area contributed by atoms with Crippen LogP contribution in [0.2, 0.25) is 0 Å². The number of likely N-dealkylation sites (N-methyl/N-ethyl adjacent to an activating group) is 2. The van der Waals surface area contributed by atoms with Crippen LogP contribution in [0.1, 0.15) is 94.4 Å². The summed E-state index contributed by atoms with van der Waals surface area (Å²) in [6.07, 6.45) is 4.66. The number of ether oxygens (including phenoxy) is 4. The van der Waals surface area contributed by atoms with Crippen molar-refractivity contribution in [2.45, 2.75) is 116 Å². The molecule has 1 saturated heterocycles. The summed E-state index contributed by atoms with van der Waals surface area (Å²) >= 11 is 0. The van der Waals surface area contributed by atoms with Gasteiger partial charge in [-0.05, 0) is 66.0 Å². The van der Waals surface area contributed by atoms with Gasteiger partial charge < -0.3 is 86.0 Å². The van der Waals surface area contributed by atoms with Gasteiger partial charge in [0.25, 0.3) is 17.6 Å². The Hall–Kier alpha value is -8.37. The number of nitrogens with one attached hydrogen (secondary N) is 1. The van der Waals surface area contributed by atoms with E-state index in [-0.39, 0.29) is 62.0 Å². The molecule has 26 nitrogen and oxygen atoms in total. The third-order valence-corrected chi connectivity index (χ3v) is 18.9. The van der Waals surface area contributed by atoms with Crippen molar-refractivity contribution in [1.82, 2.24) is 14.8 Å². The number of hydrazone groups is 1. The van der Waals surface area contributed by atoms with E-state index in [9.17, 15) is 79.8 Å². The van der Waals surface area contributed by atoms with Crippen LogP contribution in [-0.4, -0.2) is 203 Å². The molecule has 4 heterocycles. The van der Waals surface area contributed by atoms with Crippen LogP contribution in [0.4, 0.5) is 5.69 Å². The van der Waals surface area contributed by atoms with Gasteiger partial charge in [0.15, 0.2) is 17.1 Å². The van der Waals surface area contributed by atoms with Crippen molar-refractivity contribution in [2.24, 2.45) is 46.3 Å². The number of hydrogen-bond acceptors (Lipinski definition) is 24. The Labute approximate surface area is 525 Å². The minimum Gasteiger partial charge on any atom is -0.508 e. The molecule has 5 bridgehead atoms. The summed E-state index contributed by atoms with van der Waals surface area (Å²) in [4.78, 5) is 82.6. The van der Waals surface area contributed by atoms with Crippen molar-refractivity contribution in [3.63, 3.8) is 0 Å². The third-order valence-electron chi connectivity index (χ3n) is 18.9. The number of allylic oxidation sites excluding steroid dienone is 2. The van der Waals surface area contributed by atoms with Crippen LogP contribution < -0.4 is 15.8 Å². The fourth-order valence-electron chi connectivity index (χ4n) is 13.4. The Bertz CT molecular complexity index is 3670. The molecule has 2 fully saturated rings. The van der Waals surface area contributed by atoms with E-state index in [1.807, 2.05) is 7.05 Å². The number of benzene rings is 3. The molecule has 14 atom stereocenters. The fourth-order valence-corrected chi connectivity index (χ4v) is 13.4. The first kappa shape index (κ1) is 68.5. The van der Waals surface area contributed by atoms with Crippen LogP contribution in [0.3, 0.4) is 0 Å². The zero-order valence-corrected chi connectivity index (χ0v) is 53.0. The molecule has 0 radical (unpaired) electrons. The summed E-state index contributed by atoms with van der Waals surface area (Å²) in [6, 6.07) is 3.02. The largest absolute Gasteiger partial charge is 0.508 e. The number of Topliss-reactive ketones (excluding diaryl/α,β-unsaturated/α-hetero) is 3. The SMILES string of the molecule is CN(C)[C@@H]1C(=O)C(C(N)=O)=C(O)[C@@]2(O)C(=O)C3=C(O)c4c(O)cccc4[C@@](C)(O)[C@H]3C[C@@H]12.CO[C@H]1/C=C\O[C@@]2(C)Oc3c(C)c(O)c4c(O)c(c(/C=N/N5CCN(C)CC5)c(O)c4c3C2=O)NC(=O)/C(C)=C\C=C/[C@H](C)[C@H](O)[C@@H](C)[C@@H](O)[C@@H](C)[C@H](OC(C)=O)[C@@H]1C. The number of piperazine rings is 1. The van der Waals surface area contributed by atoms with Crippen LogP contribution in [0.25, 0.3) is 16.5 Å². The van der Waals surface area contributed by atoms with E-state index in [4.69, 9.17) is 24.7 Å². The Morgan fingerprint density at radius 3 is 2.11 bits per heavy atom. The minimum atomic E-state index is -2.75. The lowest BCUT2D eigenvalue weighted by Crippen LogP contribution is -2.67. The average molecular weight is 1270 g/mol. The molecule has 26 heteroatoms. The van der Waals surface area contributed by atoms with E-state index >= 15 is 0 Å². The van der Waals surface area contributed by atoms with Gasteiger partial charge in [0, 0.05) is 105 Å². The molecule has 4 aliphatic heterocycles. The molecule has 3 aromatic carbocycles. The van der Waals surface area contributed by atoms with Crippen LogP contribution in [0.5, 0.6) is 28.7 Å². The van der Waals surface area contributed by atoms with E-state index in [1.54, 1.807) is 44.9 Å². The number of hydrogen-bond donors (Lipinski definition) is 12. The van der Waals surface area contributed by atoms with E-state index in [1.165, 1.54) is 104 Å². The molecule has 492 valence electrons. The lowest BCUT2D eigenvalue weighted by molar-refractivity contribution is -0.161. The molecule has 0 spiro atoms. The highest BCUT2D eigenvalue weighted by Gasteiger charge is 2.66. The topological polar surface area (TPSA) is 402 Å². The number of phenols is 4. The Kier molecular flexibility index (Phi) is 19.4. The van der Waals surface area contributed by atoms with E-state index < -0.39 is 164 Å². The predicted octanol–water partition coefficient (Wildman–Crippen LogP) is 3.96. The van der Waals surface area contributed by atoms with Crippen molar-refractivity contribution >= 4 is 63.6 Å². The number of rotatable bonds is 6. The van der Waals surface area contributed by atoms with Crippen LogP contribution in [-0.2, 0) is 43.8 Å². The Balaban J connectivity index is 0.000000279. The molecule has 0 unspecified atom stereocenters. The number of aliphatic hydroxyl groups is 6. The molecule has 13 N–H and O–H groups in total. The third kappa shape index (κ3) is 11.9. The number of phenolic OH excluding ortho intramolecular Hbond substituents is 4. The molecule has 1 saturated carbocycles. The zero-order chi connectivity index (χ0) is 67.6. The van der Waals surface area contributed by atoms with Crippen molar-refractivity contribution in [3.8, 4) is 28.7 Å². The van der Waals surface area contributed by atoms with Crippen molar-refractivity contribution in [2.75, 3.05) is 59.7 Å². The number of aliphatic hydroxyl groups excluding tert-OH is 4. The zero-order valence-electron chi connectivity index (χ0n) is 53.0. The molecule has 91 heavy (non-hydrogen) atoms. The van der Waals surface area contributed by atoms with Gasteiger partial charge in [-0.25, -0.2) is 0 Å². The van der Waals surface area contributed by atoms with Gasteiger partial charge in [-0.15, -0.1) is 0 Å². The molecule has 2 amide bonds. The maximum atomic E-state index is 14.4. The number of nitrogens with two attached hydrogens (primary N) is 1. The summed E-state index contributed by atoms with van der Waals surface area (Å²) in [7, 11) is 6.43. The van der Waals surface area contributed by atoms with Gasteiger partial charge in [0.2, 0.25) is 5.78 Å². The smallest absolute Gasteiger partial charge is 0.312 e. The minimum absolute atomic E-state index is 0.0559. The number of aromatic hydroxyl groups is 4. The molecular weight excluding hydrogens is 1180 g/mol. The summed E-state index contributed by atoms with van der Waals surface area (Å²) in [5, 5.41) is 122. The second kappa shape index (κ2) is 25.7.